The third-order valence-electron chi connectivity index (χ3n) is 6.94. The summed E-state index contributed by atoms with van der Waals surface area (Å²) >= 11 is 0. The molecule has 0 bridgehead atoms. The Bertz CT molecular complexity index is 999. The van der Waals surface area contributed by atoms with E-state index in [9.17, 15) is 0 Å². The Labute approximate surface area is 225 Å². The Morgan fingerprint density at radius 3 is 1.64 bits per heavy atom. The predicted molar refractivity (Wildman–Crippen MR) is 167 cm³/mol. The molecule has 36 heavy (non-hydrogen) atoms. The number of aryl methyl sites for hydroxylation is 2. The van der Waals surface area contributed by atoms with Crippen molar-refractivity contribution in [2.24, 2.45) is 10.8 Å². The summed E-state index contributed by atoms with van der Waals surface area (Å²) in [6.45, 7) is 33.5. The minimum atomic E-state index is 0.0858. The molecule has 2 aromatic rings. The molecule has 0 nitrogen and oxygen atoms in total. The van der Waals surface area contributed by atoms with E-state index in [0.29, 0.717) is 5.41 Å². The highest BCUT2D eigenvalue weighted by atomic mass is 14.5. The van der Waals surface area contributed by atoms with Gasteiger partial charge in [-0.05, 0) is 87.6 Å². The minimum Gasteiger partial charge on any atom is -0.100 e. The molecule has 2 aromatic carbocycles. The highest BCUT2D eigenvalue weighted by Crippen LogP contribution is 2.55. The second kappa shape index (κ2) is 15.5. The van der Waals surface area contributed by atoms with E-state index in [2.05, 4.69) is 129 Å². The van der Waals surface area contributed by atoms with E-state index in [1.165, 1.54) is 39.8 Å². The zero-order valence-electron chi connectivity index (χ0n) is 25.6. The van der Waals surface area contributed by atoms with E-state index in [0.717, 1.165) is 12.0 Å². The van der Waals surface area contributed by atoms with Crippen LogP contribution in [0.25, 0.3) is 11.1 Å². The van der Waals surface area contributed by atoms with Gasteiger partial charge >= 0.3 is 0 Å². The summed E-state index contributed by atoms with van der Waals surface area (Å²) in [4.78, 5) is 0. The monoisotopic (exact) mass is 486 g/mol. The standard InChI is InChI=1S/C22H30.C8H10.C4H8.C2H6/c1-8-20-21(5,6)19(14-15-22(20,7)9-2)18-12-10-17(11-13-18)16(3)4;1-7-5-3-4-6-8(7)2;1-4(2)3;1-2/h8,10-14H,3,9,15H2,1-2,4-7H3;3-6H,1-2H3;1H2,2-3H3;1-2H3/b20-8-;;;. The van der Waals surface area contributed by atoms with Gasteiger partial charge in [-0.1, -0.05) is 126 Å². The molecule has 3 rings (SSSR count). The molecular weight excluding hydrogens is 432 g/mol. The van der Waals surface area contributed by atoms with Crippen LogP contribution in [0, 0.1) is 24.7 Å². The van der Waals surface area contributed by atoms with E-state index < -0.39 is 0 Å². The summed E-state index contributed by atoms with van der Waals surface area (Å²) in [7, 11) is 0. The van der Waals surface area contributed by atoms with Gasteiger partial charge in [-0.25, -0.2) is 0 Å². The first-order chi connectivity index (χ1) is 16.8. The maximum Gasteiger partial charge on any atom is 0.0113 e. The van der Waals surface area contributed by atoms with Crippen LogP contribution in [-0.2, 0) is 0 Å². The molecule has 0 saturated carbocycles. The summed E-state index contributed by atoms with van der Waals surface area (Å²) in [6.07, 6.45) is 7.13. The van der Waals surface area contributed by atoms with Crippen LogP contribution in [-0.4, -0.2) is 0 Å². The minimum absolute atomic E-state index is 0.0858. The van der Waals surface area contributed by atoms with Crippen LogP contribution in [0.1, 0.15) is 104 Å². The van der Waals surface area contributed by atoms with Crippen LogP contribution in [0.5, 0.6) is 0 Å². The lowest BCUT2D eigenvalue weighted by molar-refractivity contribution is 0.311. The fourth-order valence-corrected chi connectivity index (χ4v) is 4.71. The number of hydrogen-bond donors (Lipinski definition) is 0. The average Bonchev–Trinajstić information content (AvgIpc) is 2.82. The zero-order chi connectivity index (χ0) is 28.1. The van der Waals surface area contributed by atoms with Crippen molar-refractivity contribution in [2.75, 3.05) is 0 Å². The van der Waals surface area contributed by atoms with Gasteiger partial charge in [0.05, 0.1) is 0 Å². The van der Waals surface area contributed by atoms with Gasteiger partial charge in [0, 0.05) is 5.41 Å². The Morgan fingerprint density at radius 2 is 1.31 bits per heavy atom. The molecule has 0 heterocycles. The van der Waals surface area contributed by atoms with Crippen molar-refractivity contribution < 1.29 is 0 Å². The summed E-state index contributed by atoms with van der Waals surface area (Å²) in [5.41, 5.74) is 11.0. The van der Waals surface area contributed by atoms with Crippen LogP contribution >= 0.6 is 0 Å². The molecule has 1 aliphatic carbocycles. The molecule has 0 saturated heterocycles. The number of allylic oxidation sites excluding steroid dienone is 6. The molecule has 1 aliphatic rings. The molecular formula is C36H54. The molecule has 0 radical (unpaired) electrons. The average molecular weight is 487 g/mol. The maximum atomic E-state index is 4.03. The molecule has 0 spiro atoms. The Balaban J connectivity index is 0.000000718. The molecule has 0 N–H and O–H groups in total. The number of hydrogen-bond acceptors (Lipinski definition) is 0. The molecule has 1 atom stereocenters. The van der Waals surface area contributed by atoms with Crippen LogP contribution < -0.4 is 0 Å². The van der Waals surface area contributed by atoms with Gasteiger partial charge in [0.1, 0.15) is 0 Å². The highest BCUT2D eigenvalue weighted by Gasteiger charge is 2.41. The first-order valence-corrected chi connectivity index (χ1v) is 13.6. The van der Waals surface area contributed by atoms with Crippen molar-refractivity contribution in [2.45, 2.75) is 95.9 Å². The fourth-order valence-electron chi connectivity index (χ4n) is 4.71. The van der Waals surface area contributed by atoms with Crippen molar-refractivity contribution in [3.05, 3.63) is 107 Å². The lowest BCUT2D eigenvalue weighted by Gasteiger charge is -2.46. The predicted octanol–water partition coefficient (Wildman–Crippen LogP) is 11.8. The van der Waals surface area contributed by atoms with Crippen LogP contribution in [0.3, 0.4) is 0 Å². The maximum absolute atomic E-state index is 4.03. The van der Waals surface area contributed by atoms with E-state index >= 15 is 0 Å². The summed E-state index contributed by atoms with van der Waals surface area (Å²) < 4.78 is 0. The second-order valence-corrected chi connectivity index (χ2v) is 10.7. The molecule has 0 aliphatic heterocycles. The van der Waals surface area contributed by atoms with Gasteiger partial charge in [0.15, 0.2) is 0 Å². The lowest BCUT2D eigenvalue weighted by atomic mass is 9.58. The molecule has 0 heteroatoms. The molecule has 198 valence electrons. The van der Waals surface area contributed by atoms with Gasteiger partial charge in [-0.15, -0.1) is 6.58 Å². The van der Waals surface area contributed by atoms with E-state index in [1.54, 1.807) is 5.57 Å². The lowest BCUT2D eigenvalue weighted by Crippen LogP contribution is -2.33. The molecule has 0 fully saturated rings. The topological polar surface area (TPSA) is 0 Å². The van der Waals surface area contributed by atoms with Crippen LogP contribution in [0.15, 0.2) is 85.0 Å². The smallest absolute Gasteiger partial charge is 0.0113 e. The Kier molecular flexibility index (Phi) is 14.4. The van der Waals surface area contributed by atoms with Crippen LogP contribution in [0.2, 0.25) is 0 Å². The Hall–Kier alpha value is -2.60. The normalized spacial score (nSPS) is 18.8. The van der Waals surface area contributed by atoms with Crippen molar-refractivity contribution >= 4 is 11.1 Å². The summed E-state index contributed by atoms with van der Waals surface area (Å²) in [6, 6.07) is 17.2. The first-order valence-electron chi connectivity index (χ1n) is 13.6. The van der Waals surface area contributed by atoms with Gasteiger partial charge in [-0.2, -0.15) is 0 Å². The van der Waals surface area contributed by atoms with Crippen molar-refractivity contribution in [3.63, 3.8) is 0 Å². The van der Waals surface area contributed by atoms with Crippen molar-refractivity contribution in [3.8, 4) is 0 Å². The van der Waals surface area contributed by atoms with Gasteiger partial charge in [-0.3, -0.25) is 0 Å². The summed E-state index contributed by atoms with van der Waals surface area (Å²) in [5, 5.41) is 0. The highest BCUT2D eigenvalue weighted by molar-refractivity contribution is 5.76. The summed E-state index contributed by atoms with van der Waals surface area (Å²) in [5.74, 6) is 0. The quantitative estimate of drug-likeness (QED) is 0.378. The zero-order valence-corrected chi connectivity index (χ0v) is 25.6. The fraction of sp³-hybridized carbons (Fsp3) is 0.444. The van der Waals surface area contributed by atoms with Crippen molar-refractivity contribution in [1.29, 1.82) is 0 Å². The molecule has 0 amide bonds. The van der Waals surface area contributed by atoms with Crippen molar-refractivity contribution in [1.82, 2.24) is 0 Å². The van der Waals surface area contributed by atoms with Crippen LogP contribution in [0.4, 0.5) is 0 Å². The SMILES string of the molecule is C=C(C)C.C=C(C)c1ccc(C2=CCC(C)(CC)/C(=C\C)C2(C)C)cc1.CC.Cc1ccccc1C. The first kappa shape index (κ1) is 33.4. The van der Waals surface area contributed by atoms with Gasteiger partial charge < -0.3 is 0 Å². The van der Waals surface area contributed by atoms with Gasteiger partial charge in [0.25, 0.3) is 0 Å². The van der Waals surface area contributed by atoms with E-state index in [1.807, 2.05) is 27.7 Å². The molecule has 1 unspecified atom stereocenters. The third kappa shape index (κ3) is 9.45. The number of rotatable bonds is 3. The second-order valence-electron chi connectivity index (χ2n) is 10.7. The largest absolute Gasteiger partial charge is 0.100 e. The van der Waals surface area contributed by atoms with Gasteiger partial charge in [0.2, 0.25) is 0 Å². The third-order valence-corrected chi connectivity index (χ3v) is 6.94. The van der Waals surface area contributed by atoms with E-state index in [-0.39, 0.29) is 5.41 Å². The Morgan fingerprint density at radius 1 is 0.861 bits per heavy atom. The molecule has 0 aromatic heterocycles. The number of benzene rings is 2. The van der Waals surface area contributed by atoms with E-state index in [4.69, 9.17) is 0 Å².